The van der Waals surface area contributed by atoms with E-state index in [4.69, 9.17) is 10.2 Å². The lowest BCUT2D eigenvalue weighted by atomic mass is 10.1. The Morgan fingerprint density at radius 2 is 2.25 bits per heavy atom. The molecule has 1 heterocycles. The van der Waals surface area contributed by atoms with E-state index in [-0.39, 0.29) is 0 Å². The molecule has 0 aliphatic heterocycles. The first-order chi connectivity index (χ1) is 7.74. The molecular formula is C12H13BrN2O. The molecule has 4 heteroatoms. The standard InChI is InChI=1S/C12H13BrN2O/c1-2-10-12(15-11(7-14)16-10)8-4-3-5-9(13)6-8/h3-6H,2,7,14H2,1H3. The summed E-state index contributed by atoms with van der Waals surface area (Å²) in [6.07, 6.45) is 0.814. The third-order valence-corrected chi connectivity index (χ3v) is 2.83. The molecule has 0 unspecified atom stereocenters. The topological polar surface area (TPSA) is 52.0 Å². The fourth-order valence-corrected chi connectivity index (χ4v) is 1.99. The van der Waals surface area contributed by atoms with Crippen molar-refractivity contribution < 1.29 is 4.42 Å². The highest BCUT2D eigenvalue weighted by molar-refractivity contribution is 9.10. The monoisotopic (exact) mass is 280 g/mol. The highest BCUT2D eigenvalue weighted by Crippen LogP contribution is 2.26. The second-order valence-corrected chi connectivity index (χ2v) is 4.36. The number of nitrogens with zero attached hydrogens (tertiary/aromatic N) is 1. The molecule has 0 saturated heterocycles. The first-order valence-electron chi connectivity index (χ1n) is 5.19. The van der Waals surface area contributed by atoms with Crippen molar-refractivity contribution in [3.63, 3.8) is 0 Å². The molecule has 2 aromatic rings. The molecule has 0 spiro atoms. The first kappa shape index (κ1) is 11.4. The number of halogens is 1. The van der Waals surface area contributed by atoms with Crippen LogP contribution in [0.3, 0.4) is 0 Å². The van der Waals surface area contributed by atoms with E-state index in [1.165, 1.54) is 0 Å². The van der Waals surface area contributed by atoms with Crippen LogP contribution in [-0.2, 0) is 13.0 Å². The molecule has 0 atom stereocenters. The zero-order valence-electron chi connectivity index (χ0n) is 9.03. The Hall–Kier alpha value is -1.13. The summed E-state index contributed by atoms with van der Waals surface area (Å²) in [5.74, 6) is 1.48. The predicted octanol–water partition coefficient (Wildman–Crippen LogP) is 3.13. The fourth-order valence-electron chi connectivity index (χ4n) is 1.59. The molecule has 1 aromatic carbocycles. The number of nitrogens with two attached hydrogens (primary N) is 1. The van der Waals surface area contributed by atoms with E-state index in [9.17, 15) is 0 Å². The lowest BCUT2D eigenvalue weighted by Crippen LogP contribution is -1.95. The van der Waals surface area contributed by atoms with E-state index in [2.05, 4.69) is 20.9 Å². The number of hydrogen-bond acceptors (Lipinski definition) is 3. The van der Waals surface area contributed by atoms with Gasteiger partial charge in [0.2, 0.25) is 5.89 Å². The maximum Gasteiger partial charge on any atom is 0.208 e. The van der Waals surface area contributed by atoms with Gasteiger partial charge in [-0.15, -0.1) is 0 Å². The zero-order valence-corrected chi connectivity index (χ0v) is 10.6. The van der Waals surface area contributed by atoms with E-state index in [1.807, 2.05) is 31.2 Å². The molecule has 0 fully saturated rings. The van der Waals surface area contributed by atoms with Crippen LogP contribution in [-0.4, -0.2) is 4.98 Å². The van der Waals surface area contributed by atoms with Gasteiger partial charge in [-0.3, -0.25) is 0 Å². The maximum atomic E-state index is 5.56. The third-order valence-electron chi connectivity index (χ3n) is 2.34. The van der Waals surface area contributed by atoms with E-state index in [0.717, 1.165) is 27.9 Å². The minimum Gasteiger partial charge on any atom is -0.444 e. The van der Waals surface area contributed by atoms with Crippen LogP contribution in [0.4, 0.5) is 0 Å². The summed E-state index contributed by atoms with van der Waals surface area (Å²) in [6, 6.07) is 8.01. The van der Waals surface area contributed by atoms with Crippen LogP contribution in [0.5, 0.6) is 0 Å². The van der Waals surface area contributed by atoms with Crippen LogP contribution in [0.1, 0.15) is 18.6 Å². The highest BCUT2D eigenvalue weighted by atomic mass is 79.9. The lowest BCUT2D eigenvalue weighted by molar-refractivity contribution is 0.461. The van der Waals surface area contributed by atoms with Crippen molar-refractivity contribution in [2.24, 2.45) is 5.73 Å². The molecule has 0 amide bonds. The Morgan fingerprint density at radius 3 is 2.88 bits per heavy atom. The Bertz CT molecular complexity index is 494. The number of oxazole rings is 1. The second-order valence-electron chi connectivity index (χ2n) is 3.45. The van der Waals surface area contributed by atoms with Crippen LogP contribution < -0.4 is 5.73 Å². The number of benzene rings is 1. The van der Waals surface area contributed by atoms with Crippen LogP contribution in [0.2, 0.25) is 0 Å². The largest absolute Gasteiger partial charge is 0.444 e. The third kappa shape index (κ3) is 2.18. The van der Waals surface area contributed by atoms with Crippen molar-refractivity contribution in [1.29, 1.82) is 0 Å². The summed E-state index contributed by atoms with van der Waals surface area (Å²) in [6.45, 7) is 2.38. The van der Waals surface area contributed by atoms with Crippen molar-refractivity contribution in [1.82, 2.24) is 4.98 Å². The Kier molecular flexibility index (Phi) is 3.41. The van der Waals surface area contributed by atoms with Gasteiger partial charge < -0.3 is 10.2 Å². The molecule has 2 N–H and O–H groups in total. The first-order valence-corrected chi connectivity index (χ1v) is 5.98. The molecule has 84 valence electrons. The van der Waals surface area contributed by atoms with Crippen LogP contribution >= 0.6 is 15.9 Å². The number of aromatic nitrogens is 1. The molecule has 3 nitrogen and oxygen atoms in total. The van der Waals surface area contributed by atoms with Gasteiger partial charge in [0, 0.05) is 16.5 Å². The summed E-state index contributed by atoms with van der Waals surface area (Å²) in [5.41, 5.74) is 7.47. The maximum absolute atomic E-state index is 5.56. The van der Waals surface area contributed by atoms with E-state index in [1.54, 1.807) is 0 Å². The molecule has 0 saturated carbocycles. The smallest absolute Gasteiger partial charge is 0.208 e. The van der Waals surface area contributed by atoms with Crippen molar-refractivity contribution in [3.8, 4) is 11.3 Å². The van der Waals surface area contributed by atoms with Gasteiger partial charge in [0.25, 0.3) is 0 Å². The fraction of sp³-hybridized carbons (Fsp3) is 0.250. The summed E-state index contributed by atoms with van der Waals surface area (Å²) < 4.78 is 6.59. The van der Waals surface area contributed by atoms with Crippen molar-refractivity contribution >= 4 is 15.9 Å². The summed E-state index contributed by atoms with van der Waals surface area (Å²) in [7, 11) is 0. The molecule has 0 radical (unpaired) electrons. The SMILES string of the molecule is CCc1oc(CN)nc1-c1cccc(Br)c1. The molecule has 16 heavy (non-hydrogen) atoms. The number of rotatable bonds is 3. The van der Waals surface area contributed by atoms with Crippen LogP contribution in [0.25, 0.3) is 11.3 Å². The minimum atomic E-state index is 0.334. The molecular weight excluding hydrogens is 268 g/mol. The van der Waals surface area contributed by atoms with Gasteiger partial charge in [-0.1, -0.05) is 35.0 Å². The van der Waals surface area contributed by atoms with Crippen molar-refractivity contribution in [2.75, 3.05) is 0 Å². The van der Waals surface area contributed by atoms with E-state index >= 15 is 0 Å². The van der Waals surface area contributed by atoms with Gasteiger partial charge in [0.05, 0.1) is 6.54 Å². The Morgan fingerprint density at radius 1 is 1.44 bits per heavy atom. The van der Waals surface area contributed by atoms with Gasteiger partial charge in [-0.25, -0.2) is 4.98 Å². The van der Waals surface area contributed by atoms with Gasteiger partial charge >= 0.3 is 0 Å². The molecule has 0 bridgehead atoms. The molecule has 2 rings (SSSR count). The van der Waals surface area contributed by atoms with Crippen LogP contribution in [0.15, 0.2) is 33.2 Å². The average Bonchev–Trinajstić information content (AvgIpc) is 2.72. The minimum absolute atomic E-state index is 0.334. The quantitative estimate of drug-likeness (QED) is 0.940. The molecule has 0 aliphatic carbocycles. The van der Waals surface area contributed by atoms with Gasteiger partial charge in [0.1, 0.15) is 11.5 Å². The number of aryl methyl sites for hydroxylation is 1. The van der Waals surface area contributed by atoms with Gasteiger partial charge in [-0.2, -0.15) is 0 Å². The Labute approximate surface area is 103 Å². The summed E-state index contributed by atoms with van der Waals surface area (Å²) in [5, 5.41) is 0. The average molecular weight is 281 g/mol. The number of hydrogen-bond donors (Lipinski definition) is 1. The van der Waals surface area contributed by atoms with Crippen molar-refractivity contribution in [2.45, 2.75) is 19.9 Å². The molecule has 0 aliphatic rings. The van der Waals surface area contributed by atoms with Crippen LogP contribution in [0, 0.1) is 0 Å². The summed E-state index contributed by atoms with van der Waals surface area (Å²) in [4.78, 5) is 4.40. The predicted molar refractivity (Wildman–Crippen MR) is 66.9 cm³/mol. The summed E-state index contributed by atoms with van der Waals surface area (Å²) >= 11 is 3.45. The second kappa shape index (κ2) is 4.80. The van der Waals surface area contributed by atoms with E-state index in [0.29, 0.717) is 12.4 Å². The Balaban J connectivity index is 2.50. The normalized spacial score (nSPS) is 10.7. The zero-order chi connectivity index (χ0) is 11.5. The van der Waals surface area contributed by atoms with Gasteiger partial charge in [-0.05, 0) is 12.1 Å². The molecule has 1 aromatic heterocycles. The van der Waals surface area contributed by atoms with Gasteiger partial charge in [0.15, 0.2) is 0 Å². The van der Waals surface area contributed by atoms with Crippen molar-refractivity contribution in [3.05, 3.63) is 40.4 Å². The highest BCUT2D eigenvalue weighted by Gasteiger charge is 2.12. The van der Waals surface area contributed by atoms with E-state index < -0.39 is 0 Å². The lowest BCUT2D eigenvalue weighted by Gasteiger charge is -1.99.